The summed E-state index contributed by atoms with van der Waals surface area (Å²) >= 11 is 6.45. The summed E-state index contributed by atoms with van der Waals surface area (Å²) in [6.07, 6.45) is 2.48. The van der Waals surface area contributed by atoms with Crippen LogP contribution in [0.15, 0.2) is 54.7 Å². The van der Waals surface area contributed by atoms with Crippen molar-refractivity contribution in [3.63, 3.8) is 0 Å². The number of halogens is 1. The van der Waals surface area contributed by atoms with Gasteiger partial charge in [-0.3, -0.25) is 9.78 Å². The molecule has 0 unspecified atom stereocenters. The molecule has 3 heteroatoms. The van der Waals surface area contributed by atoms with Gasteiger partial charge in [-0.25, -0.2) is 0 Å². The molecule has 0 aliphatic heterocycles. The van der Waals surface area contributed by atoms with Crippen LogP contribution in [0.5, 0.6) is 0 Å². The molecular formula is C18H14ClNO. The van der Waals surface area contributed by atoms with Crippen LogP contribution in [0, 0.1) is 0 Å². The molecule has 104 valence electrons. The second-order valence-corrected chi connectivity index (χ2v) is 5.26. The number of carbonyl (C=O) groups is 1. The van der Waals surface area contributed by atoms with Gasteiger partial charge in [0.1, 0.15) is 0 Å². The van der Waals surface area contributed by atoms with Crippen molar-refractivity contribution in [1.29, 1.82) is 0 Å². The average molecular weight is 296 g/mol. The third-order valence-electron chi connectivity index (χ3n) is 3.56. The summed E-state index contributed by atoms with van der Waals surface area (Å²) in [5.41, 5.74) is 3.05. The maximum Gasteiger partial charge on any atom is 0.196 e. The highest BCUT2D eigenvalue weighted by molar-refractivity contribution is 6.39. The van der Waals surface area contributed by atoms with Crippen molar-refractivity contribution < 1.29 is 4.79 Å². The highest BCUT2D eigenvalue weighted by Gasteiger charge is 2.15. The summed E-state index contributed by atoms with van der Waals surface area (Å²) in [4.78, 5) is 16.9. The van der Waals surface area contributed by atoms with Gasteiger partial charge in [-0.05, 0) is 24.1 Å². The summed E-state index contributed by atoms with van der Waals surface area (Å²) in [6.45, 7) is 2.08. The van der Waals surface area contributed by atoms with Gasteiger partial charge in [0, 0.05) is 17.1 Å². The van der Waals surface area contributed by atoms with Crippen LogP contribution >= 0.6 is 11.6 Å². The van der Waals surface area contributed by atoms with Crippen molar-refractivity contribution in [3.8, 4) is 0 Å². The van der Waals surface area contributed by atoms with Crippen LogP contribution in [-0.4, -0.2) is 10.8 Å². The standard InChI is InChI=1S/C18H14ClNO/c1-2-12-8-9-16-14(10-12)17(19)15(11-20-16)18(21)13-6-4-3-5-7-13/h3-11H,2H2,1H3. The zero-order valence-corrected chi connectivity index (χ0v) is 12.4. The summed E-state index contributed by atoms with van der Waals surface area (Å²) in [7, 11) is 0. The smallest absolute Gasteiger partial charge is 0.196 e. The van der Waals surface area contributed by atoms with E-state index < -0.39 is 0 Å². The van der Waals surface area contributed by atoms with Crippen molar-refractivity contribution in [2.24, 2.45) is 0 Å². The monoisotopic (exact) mass is 295 g/mol. The van der Waals surface area contributed by atoms with Crippen LogP contribution < -0.4 is 0 Å². The first-order valence-electron chi connectivity index (χ1n) is 6.87. The Morgan fingerprint density at radius 3 is 2.62 bits per heavy atom. The Morgan fingerprint density at radius 1 is 1.14 bits per heavy atom. The summed E-state index contributed by atoms with van der Waals surface area (Å²) in [5, 5.41) is 1.31. The number of aromatic nitrogens is 1. The van der Waals surface area contributed by atoms with Gasteiger partial charge in [-0.1, -0.05) is 54.9 Å². The predicted molar refractivity (Wildman–Crippen MR) is 86.0 cm³/mol. The predicted octanol–water partition coefficient (Wildman–Crippen LogP) is 4.68. The molecular weight excluding hydrogens is 282 g/mol. The maximum atomic E-state index is 12.5. The average Bonchev–Trinajstić information content (AvgIpc) is 2.55. The number of pyridine rings is 1. The van der Waals surface area contributed by atoms with E-state index >= 15 is 0 Å². The minimum Gasteiger partial charge on any atom is -0.288 e. The molecule has 0 saturated heterocycles. The van der Waals surface area contributed by atoms with Crippen molar-refractivity contribution in [1.82, 2.24) is 4.98 Å². The molecule has 1 aromatic heterocycles. The first kappa shape index (κ1) is 13.8. The zero-order chi connectivity index (χ0) is 14.8. The fraction of sp³-hybridized carbons (Fsp3) is 0.111. The number of aryl methyl sites for hydroxylation is 1. The van der Waals surface area contributed by atoms with Gasteiger partial charge < -0.3 is 0 Å². The van der Waals surface area contributed by atoms with Crippen LogP contribution in [0.4, 0.5) is 0 Å². The van der Waals surface area contributed by atoms with Gasteiger partial charge in [0.25, 0.3) is 0 Å². The van der Waals surface area contributed by atoms with Crippen LogP contribution in [0.1, 0.15) is 28.4 Å². The molecule has 0 saturated carbocycles. The number of hydrogen-bond acceptors (Lipinski definition) is 2. The normalized spacial score (nSPS) is 10.8. The molecule has 0 atom stereocenters. The lowest BCUT2D eigenvalue weighted by atomic mass is 10.0. The molecule has 21 heavy (non-hydrogen) atoms. The lowest BCUT2D eigenvalue weighted by Gasteiger charge is -2.08. The van der Waals surface area contributed by atoms with Crippen LogP contribution in [-0.2, 0) is 6.42 Å². The largest absolute Gasteiger partial charge is 0.288 e. The lowest BCUT2D eigenvalue weighted by molar-refractivity contribution is 0.103. The Morgan fingerprint density at radius 2 is 1.90 bits per heavy atom. The molecule has 0 bridgehead atoms. The fourth-order valence-corrected chi connectivity index (χ4v) is 2.62. The number of nitrogens with zero attached hydrogens (tertiary/aromatic N) is 1. The van der Waals surface area contributed by atoms with E-state index in [1.807, 2.05) is 36.4 Å². The number of benzene rings is 2. The molecule has 1 heterocycles. The molecule has 0 aliphatic rings. The highest BCUT2D eigenvalue weighted by Crippen LogP contribution is 2.28. The number of fused-ring (bicyclic) bond motifs is 1. The summed E-state index contributed by atoms with van der Waals surface area (Å²) in [6, 6.07) is 15.1. The van der Waals surface area contributed by atoms with Crippen LogP contribution in [0.2, 0.25) is 5.02 Å². The minimum atomic E-state index is -0.100. The van der Waals surface area contributed by atoms with Gasteiger partial charge in [0.2, 0.25) is 0 Å². The van der Waals surface area contributed by atoms with Gasteiger partial charge >= 0.3 is 0 Å². The Bertz CT molecular complexity index is 812. The van der Waals surface area contributed by atoms with E-state index in [1.54, 1.807) is 18.3 Å². The molecule has 0 aliphatic carbocycles. The highest BCUT2D eigenvalue weighted by atomic mass is 35.5. The Hall–Kier alpha value is -2.19. The summed E-state index contributed by atoms with van der Waals surface area (Å²) in [5.74, 6) is -0.100. The van der Waals surface area contributed by atoms with E-state index in [-0.39, 0.29) is 5.78 Å². The fourth-order valence-electron chi connectivity index (χ4n) is 2.33. The lowest BCUT2D eigenvalue weighted by Crippen LogP contribution is -2.03. The molecule has 0 N–H and O–H groups in total. The summed E-state index contributed by atoms with van der Waals surface area (Å²) < 4.78 is 0. The molecule has 2 nitrogen and oxygen atoms in total. The first-order valence-corrected chi connectivity index (χ1v) is 7.25. The number of ketones is 1. The van der Waals surface area contributed by atoms with E-state index in [9.17, 15) is 4.79 Å². The first-order chi connectivity index (χ1) is 10.2. The van der Waals surface area contributed by atoms with Gasteiger partial charge in [0.15, 0.2) is 5.78 Å². The van der Waals surface area contributed by atoms with E-state index in [4.69, 9.17) is 11.6 Å². The second kappa shape index (κ2) is 5.66. The third-order valence-corrected chi connectivity index (χ3v) is 3.96. The zero-order valence-electron chi connectivity index (χ0n) is 11.6. The number of carbonyl (C=O) groups excluding carboxylic acids is 1. The quantitative estimate of drug-likeness (QED) is 0.657. The molecule has 0 spiro atoms. The molecule has 3 rings (SSSR count). The Balaban J connectivity index is 2.15. The second-order valence-electron chi connectivity index (χ2n) is 4.89. The van der Waals surface area contributed by atoms with E-state index in [0.717, 1.165) is 17.3 Å². The van der Waals surface area contributed by atoms with Gasteiger partial charge in [-0.2, -0.15) is 0 Å². The topological polar surface area (TPSA) is 30.0 Å². The Labute approximate surface area is 128 Å². The van der Waals surface area contributed by atoms with Gasteiger partial charge in [-0.15, -0.1) is 0 Å². The maximum absolute atomic E-state index is 12.5. The number of hydrogen-bond donors (Lipinski definition) is 0. The van der Waals surface area contributed by atoms with Crippen LogP contribution in [0.3, 0.4) is 0 Å². The van der Waals surface area contributed by atoms with E-state index in [2.05, 4.69) is 11.9 Å². The SMILES string of the molecule is CCc1ccc2ncc(C(=O)c3ccccc3)c(Cl)c2c1. The third kappa shape index (κ3) is 2.55. The molecule has 0 fully saturated rings. The van der Waals surface area contributed by atoms with Crippen molar-refractivity contribution >= 4 is 28.3 Å². The molecule has 2 aromatic carbocycles. The van der Waals surface area contributed by atoms with Crippen molar-refractivity contribution in [2.75, 3.05) is 0 Å². The Kier molecular flexibility index (Phi) is 3.72. The molecule has 0 amide bonds. The molecule has 0 radical (unpaired) electrons. The minimum absolute atomic E-state index is 0.100. The van der Waals surface area contributed by atoms with Crippen molar-refractivity contribution in [2.45, 2.75) is 13.3 Å². The van der Waals surface area contributed by atoms with Gasteiger partial charge in [0.05, 0.1) is 16.1 Å². The molecule has 3 aromatic rings. The number of rotatable bonds is 3. The van der Waals surface area contributed by atoms with E-state index in [0.29, 0.717) is 16.1 Å². The van der Waals surface area contributed by atoms with E-state index in [1.165, 1.54) is 5.56 Å². The van der Waals surface area contributed by atoms with Crippen molar-refractivity contribution in [3.05, 3.63) is 76.4 Å². The van der Waals surface area contributed by atoms with Crippen LogP contribution in [0.25, 0.3) is 10.9 Å².